The highest BCUT2D eigenvalue weighted by molar-refractivity contribution is 7.26. The number of benzene rings is 5. The monoisotopic (exact) mass is 651 g/mol. The second-order valence-electron chi connectivity index (χ2n) is 14.4. The second kappa shape index (κ2) is 10.7. The first kappa shape index (κ1) is 29.8. The highest BCUT2D eigenvalue weighted by Gasteiger charge is 2.22. The average molecular weight is 652 g/mol. The molecule has 0 amide bonds. The van der Waals surface area contributed by atoms with Gasteiger partial charge in [-0.2, -0.15) is 9.97 Å². The number of hydrogen-bond donors (Lipinski definition) is 0. The number of hydrogen-bond acceptors (Lipinski definition) is 5. The summed E-state index contributed by atoms with van der Waals surface area (Å²) in [6.07, 6.45) is 0. The summed E-state index contributed by atoms with van der Waals surface area (Å²) in [6, 6.07) is 34.3. The topological polar surface area (TPSA) is 51.8 Å². The van der Waals surface area contributed by atoms with Crippen LogP contribution in [0, 0.1) is 0 Å². The van der Waals surface area contributed by atoms with E-state index in [2.05, 4.69) is 149 Å². The smallest absolute Gasteiger partial charge is 0.226 e. The van der Waals surface area contributed by atoms with E-state index < -0.39 is 0 Å². The maximum Gasteiger partial charge on any atom is 0.226 e. The molecule has 6 heteroatoms. The Bertz CT molecular complexity index is 2460. The van der Waals surface area contributed by atoms with Crippen molar-refractivity contribution in [2.75, 3.05) is 0 Å². The third-order valence-corrected chi connectivity index (χ3v) is 10.3. The highest BCUT2D eigenvalue weighted by Crippen LogP contribution is 2.43. The van der Waals surface area contributed by atoms with E-state index >= 15 is 0 Å². The van der Waals surface area contributed by atoms with Crippen LogP contribution in [0.5, 0.6) is 0 Å². The lowest BCUT2D eigenvalue weighted by molar-refractivity contribution is 0.569. The van der Waals surface area contributed by atoms with Crippen molar-refractivity contribution < 1.29 is 4.42 Å². The van der Waals surface area contributed by atoms with E-state index in [1.807, 2.05) is 11.3 Å². The summed E-state index contributed by atoms with van der Waals surface area (Å²) in [5, 5.41) is 5.00. The Morgan fingerprint density at radius 2 is 1.15 bits per heavy atom. The average Bonchev–Trinajstić information content (AvgIpc) is 3.61. The zero-order valence-electron chi connectivity index (χ0n) is 27.3. The van der Waals surface area contributed by atoms with E-state index in [4.69, 9.17) is 21.0 Å². The Balaban J connectivity index is 1.19. The van der Waals surface area contributed by atoms with Crippen LogP contribution in [-0.4, -0.2) is 15.0 Å². The molecule has 0 spiro atoms. The van der Waals surface area contributed by atoms with Crippen LogP contribution in [0.2, 0.25) is 5.28 Å². The minimum absolute atomic E-state index is 0.0270. The Kier molecular flexibility index (Phi) is 6.80. The Hall–Kier alpha value is -4.58. The highest BCUT2D eigenvalue weighted by atomic mass is 35.5. The van der Waals surface area contributed by atoms with Gasteiger partial charge in [-0.05, 0) is 87.1 Å². The molecule has 0 atom stereocenters. The predicted molar refractivity (Wildman–Crippen MR) is 199 cm³/mol. The molecule has 8 aromatic rings. The number of thiophene rings is 1. The number of rotatable bonds is 3. The lowest BCUT2D eigenvalue weighted by atomic mass is 9.79. The zero-order chi connectivity index (χ0) is 32.7. The molecule has 0 aliphatic heterocycles. The standard InChI is InChI=1S/C41H34ClN3OS/c1-40(2,3)27-19-26(20-28(22-27)41(4,5)6)38-43-37(44-39(42)45-38)24-13-11-23(12-14-24)25-15-16-31-30(21-25)35-32(46-31)17-18-34-36(35)29-9-7-8-10-33(29)47-34/h7-22H,1-6H3. The van der Waals surface area contributed by atoms with Crippen LogP contribution in [0.25, 0.3) is 76.0 Å². The molecule has 0 unspecified atom stereocenters. The van der Waals surface area contributed by atoms with E-state index in [1.54, 1.807) is 0 Å². The predicted octanol–water partition coefficient (Wildman–Crippen LogP) is 12.4. The summed E-state index contributed by atoms with van der Waals surface area (Å²) in [5.41, 5.74) is 8.25. The molecule has 0 saturated carbocycles. The van der Waals surface area contributed by atoms with Crippen molar-refractivity contribution in [3.63, 3.8) is 0 Å². The number of aromatic nitrogens is 3. The summed E-state index contributed by atoms with van der Waals surface area (Å²) in [5.74, 6) is 1.12. The molecule has 0 saturated heterocycles. The molecule has 5 aromatic carbocycles. The third-order valence-electron chi connectivity index (χ3n) is 8.98. The van der Waals surface area contributed by atoms with E-state index in [9.17, 15) is 0 Å². The fourth-order valence-electron chi connectivity index (χ4n) is 6.31. The summed E-state index contributed by atoms with van der Waals surface area (Å²) >= 11 is 8.35. The molecule has 3 heterocycles. The van der Waals surface area contributed by atoms with Crippen molar-refractivity contribution in [3.05, 3.63) is 113 Å². The minimum atomic E-state index is -0.0270. The lowest BCUT2D eigenvalue weighted by Crippen LogP contribution is -2.16. The normalized spacial score (nSPS) is 12.6. The van der Waals surface area contributed by atoms with Crippen molar-refractivity contribution >= 4 is 65.0 Å². The van der Waals surface area contributed by atoms with Crippen molar-refractivity contribution in [2.24, 2.45) is 0 Å². The molecule has 0 aliphatic carbocycles. The minimum Gasteiger partial charge on any atom is -0.456 e. The Morgan fingerprint density at radius 1 is 0.532 bits per heavy atom. The van der Waals surface area contributed by atoms with Crippen molar-refractivity contribution in [1.29, 1.82) is 0 Å². The fourth-order valence-corrected chi connectivity index (χ4v) is 7.58. The van der Waals surface area contributed by atoms with Gasteiger partial charge in [-0.15, -0.1) is 11.3 Å². The van der Waals surface area contributed by atoms with Crippen molar-refractivity contribution in [3.8, 4) is 33.9 Å². The van der Waals surface area contributed by atoms with Gasteiger partial charge < -0.3 is 4.42 Å². The summed E-state index contributed by atoms with van der Waals surface area (Å²) < 4.78 is 8.88. The van der Waals surface area contributed by atoms with Crippen LogP contribution >= 0.6 is 22.9 Å². The molecule has 8 rings (SSSR count). The lowest BCUT2D eigenvalue weighted by Gasteiger charge is -2.26. The zero-order valence-corrected chi connectivity index (χ0v) is 28.8. The molecular weight excluding hydrogens is 618 g/mol. The van der Waals surface area contributed by atoms with Crippen molar-refractivity contribution in [2.45, 2.75) is 52.4 Å². The molecule has 0 radical (unpaired) electrons. The van der Waals surface area contributed by atoms with Crippen LogP contribution < -0.4 is 0 Å². The SMILES string of the molecule is CC(C)(C)c1cc(-c2nc(Cl)nc(-c3ccc(-c4ccc5oc6ccc7sc8ccccc8c7c6c5c4)cc3)n2)cc(C(C)(C)C)c1. The Morgan fingerprint density at radius 3 is 1.85 bits per heavy atom. The van der Waals surface area contributed by atoms with Gasteiger partial charge in [-0.25, -0.2) is 4.98 Å². The molecule has 3 aromatic heterocycles. The summed E-state index contributed by atoms with van der Waals surface area (Å²) in [4.78, 5) is 14.0. The van der Waals surface area contributed by atoms with Crippen LogP contribution in [0.4, 0.5) is 0 Å². The number of nitrogens with zero attached hydrogens (tertiary/aromatic N) is 3. The number of fused-ring (bicyclic) bond motifs is 7. The van der Waals surface area contributed by atoms with E-state index in [-0.39, 0.29) is 16.1 Å². The first-order valence-corrected chi connectivity index (χ1v) is 17.1. The van der Waals surface area contributed by atoms with Crippen LogP contribution in [0.3, 0.4) is 0 Å². The van der Waals surface area contributed by atoms with E-state index in [1.165, 1.54) is 36.7 Å². The van der Waals surface area contributed by atoms with Crippen LogP contribution in [0.15, 0.2) is 101 Å². The van der Waals surface area contributed by atoms with Gasteiger partial charge in [0.25, 0.3) is 0 Å². The molecule has 47 heavy (non-hydrogen) atoms. The maximum atomic E-state index is 6.53. The number of furan rings is 1. The molecule has 0 aliphatic rings. The third kappa shape index (κ3) is 5.28. The molecule has 232 valence electrons. The van der Waals surface area contributed by atoms with E-state index in [0.717, 1.165) is 38.8 Å². The first-order valence-electron chi connectivity index (χ1n) is 15.9. The van der Waals surface area contributed by atoms with Gasteiger partial charge >= 0.3 is 0 Å². The molecule has 0 fully saturated rings. The second-order valence-corrected chi connectivity index (χ2v) is 15.8. The van der Waals surface area contributed by atoms with Gasteiger partial charge in [0, 0.05) is 42.1 Å². The van der Waals surface area contributed by atoms with Crippen LogP contribution in [-0.2, 0) is 10.8 Å². The molecular formula is C41H34ClN3OS. The molecule has 4 nitrogen and oxygen atoms in total. The Labute approximate surface area is 283 Å². The van der Waals surface area contributed by atoms with Gasteiger partial charge in [0.1, 0.15) is 11.2 Å². The number of halogens is 1. The summed E-state index contributed by atoms with van der Waals surface area (Å²) in [7, 11) is 0. The van der Waals surface area contributed by atoms with Crippen LogP contribution in [0.1, 0.15) is 52.7 Å². The molecule has 0 N–H and O–H groups in total. The quantitative estimate of drug-likeness (QED) is 0.191. The van der Waals surface area contributed by atoms with Gasteiger partial charge in [-0.3, -0.25) is 0 Å². The van der Waals surface area contributed by atoms with Gasteiger partial charge in [-0.1, -0.05) is 96.1 Å². The van der Waals surface area contributed by atoms with Crippen molar-refractivity contribution in [1.82, 2.24) is 15.0 Å². The van der Waals surface area contributed by atoms with Gasteiger partial charge in [0.15, 0.2) is 11.6 Å². The fraction of sp³-hybridized carbons (Fsp3) is 0.195. The summed E-state index contributed by atoms with van der Waals surface area (Å²) in [6.45, 7) is 13.4. The molecule has 0 bridgehead atoms. The van der Waals surface area contributed by atoms with E-state index in [0.29, 0.717) is 11.6 Å². The first-order chi connectivity index (χ1) is 22.4. The largest absolute Gasteiger partial charge is 0.456 e. The van der Waals surface area contributed by atoms with Gasteiger partial charge in [0.05, 0.1) is 0 Å². The van der Waals surface area contributed by atoms with Gasteiger partial charge in [0.2, 0.25) is 5.28 Å². The maximum absolute atomic E-state index is 6.53.